The number of halogens is 2. The van der Waals surface area contributed by atoms with Crippen LogP contribution in [0.15, 0.2) is 18.3 Å². The maximum absolute atomic E-state index is 13.7. The van der Waals surface area contributed by atoms with Crippen molar-refractivity contribution in [3.8, 4) is 0 Å². The highest BCUT2D eigenvalue weighted by Crippen LogP contribution is 2.26. The van der Waals surface area contributed by atoms with E-state index in [-0.39, 0.29) is 11.6 Å². The Balaban J connectivity index is 2.46. The van der Waals surface area contributed by atoms with Crippen molar-refractivity contribution in [1.29, 1.82) is 0 Å². The molecular weight excluding hydrogens is 224 g/mol. The van der Waals surface area contributed by atoms with Crippen LogP contribution in [0, 0.1) is 18.6 Å². The third-order valence-corrected chi connectivity index (χ3v) is 2.86. The second-order valence-electron chi connectivity index (χ2n) is 4.10. The predicted octanol–water partition coefficient (Wildman–Crippen LogP) is 3.26. The summed E-state index contributed by atoms with van der Waals surface area (Å²) in [7, 11) is 1.62. The quantitative estimate of drug-likeness (QED) is 0.747. The molecule has 2 aromatic rings. The van der Waals surface area contributed by atoms with Crippen molar-refractivity contribution in [2.75, 3.05) is 13.7 Å². The van der Waals surface area contributed by atoms with Gasteiger partial charge in [-0.1, -0.05) is 0 Å². The first-order valence-electron chi connectivity index (χ1n) is 5.57. The molecule has 92 valence electrons. The van der Waals surface area contributed by atoms with Crippen LogP contribution in [0.1, 0.15) is 12.0 Å². The Morgan fingerprint density at radius 1 is 1.24 bits per heavy atom. The van der Waals surface area contributed by atoms with Gasteiger partial charge in [0.25, 0.3) is 0 Å². The average Bonchev–Trinajstić information content (AvgIpc) is 2.63. The van der Waals surface area contributed by atoms with Gasteiger partial charge in [0.15, 0.2) is 0 Å². The zero-order valence-electron chi connectivity index (χ0n) is 9.96. The molecule has 1 aromatic carbocycles. The molecule has 0 saturated carbocycles. The van der Waals surface area contributed by atoms with Gasteiger partial charge in [-0.15, -0.1) is 0 Å². The third-order valence-electron chi connectivity index (χ3n) is 2.86. The van der Waals surface area contributed by atoms with Crippen LogP contribution in [0.25, 0.3) is 10.9 Å². The van der Waals surface area contributed by atoms with E-state index in [9.17, 15) is 8.78 Å². The largest absolute Gasteiger partial charge is 0.385 e. The number of nitrogens with zero attached hydrogens (tertiary/aromatic N) is 1. The minimum atomic E-state index is -0.382. The predicted molar refractivity (Wildman–Crippen MR) is 63.1 cm³/mol. The van der Waals surface area contributed by atoms with E-state index in [0.29, 0.717) is 24.1 Å². The average molecular weight is 239 g/mol. The number of ether oxygens (including phenoxy) is 1. The van der Waals surface area contributed by atoms with Crippen molar-refractivity contribution in [2.24, 2.45) is 0 Å². The van der Waals surface area contributed by atoms with E-state index in [4.69, 9.17) is 4.74 Å². The van der Waals surface area contributed by atoms with E-state index >= 15 is 0 Å². The standard InChI is InChI=1S/C13H15F2NO/c1-9-8-16(6-3-7-17-2)13-11(15)5-4-10(14)12(9)13/h4-5,8H,3,6-7H2,1-2H3. The van der Waals surface area contributed by atoms with Gasteiger partial charge in [-0.3, -0.25) is 0 Å². The Morgan fingerprint density at radius 3 is 2.65 bits per heavy atom. The van der Waals surface area contributed by atoms with E-state index in [0.717, 1.165) is 12.0 Å². The Kier molecular flexibility index (Phi) is 3.43. The summed E-state index contributed by atoms with van der Waals surface area (Å²) in [6.07, 6.45) is 2.56. The molecule has 4 heteroatoms. The molecule has 0 fully saturated rings. The number of hydrogen-bond acceptors (Lipinski definition) is 1. The van der Waals surface area contributed by atoms with Crippen molar-refractivity contribution in [1.82, 2.24) is 4.57 Å². The first kappa shape index (κ1) is 12.0. The zero-order chi connectivity index (χ0) is 12.4. The molecule has 2 nitrogen and oxygen atoms in total. The first-order chi connectivity index (χ1) is 8.15. The number of rotatable bonds is 4. The van der Waals surface area contributed by atoms with E-state index in [2.05, 4.69) is 0 Å². The maximum atomic E-state index is 13.7. The van der Waals surface area contributed by atoms with Gasteiger partial charge in [-0.05, 0) is 31.0 Å². The lowest BCUT2D eigenvalue weighted by atomic mass is 10.2. The molecule has 1 heterocycles. The third kappa shape index (κ3) is 2.17. The van der Waals surface area contributed by atoms with Gasteiger partial charge in [-0.25, -0.2) is 8.78 Å². The number of fused-ring (bicyclic) bond motifs is 1. The molecule has 0 spiro atoms. The zero-order valence-corrected chi connectivity index (χ0v) is 9.96. The molecular formula is C13H15F2NO. The highest BCUT2D eigenvalue weighted by Gasteiger charge is 2.13. The summed E-state index contributed by atoms with van der Waals surface area (Å²) in [5, 5.41) is 0.377. The van der Waals surface area contributed by atoms with Gasteiger partial charge in [0.2, 0.25) is 0 Å². The van der Waals surface area contributed by atoms with E-state index < -0.39 is 0 Å². The summed E-state index contributed by atoms with van der Waals surface area (Å²) < 4.78 is 34.1. The number of aromatic nitrogens is 1. The topological polar surface area (TPSA) is 14.2 Å². The van der Waals surface area contributed by atoms with E-state index in [1.807, 2.05) is 0 Å². The Hall–Kier alpha value is -1.42. The number of benzene rings is 1. The minimum absolute atomic E-state index is 0.346. The van der Waals surface area contributed by atoms with Gasteiger partial charge in [-0.2, -0.15) is 0 Å². The molecule has 0 atom stereocenters. The Morgan fingerprint density at radius 2 is 1.94 bits per heavy atom. The fraction of sp³-hybridized carbons (Fsp3) is 0.385. The minimum Gasteiger partial charge on any atom is -0.385 e. The molecule has 0 saturated heterocycles. The monoisotopic (exact) mass is 239 g/mol. The summed E-state index contributed by atoms with van der Waals surface area (Å²) >= 11 is 0. The summed E-state index contributed by atoms with van der Waals surface area (Å²) in [5.41, 5.74) is 1.10. The summed E-state index contributed by atoms with van der Waals surface area (Å²) in [6.45, 7) is 3.02. The van der Waals surface area contributed by atoms with Gasteiger partial charge in [0.05, 0.1) is 5.52 Å². The van der Waals surface area contributed by atoms with Crippen LogP contribution in [-0.4, -0.2) is 18.3 Å². The normalized spacial score (nSPS) is 11.3. The van der Waals surface area contributed by atoms with E-state index in [1.54, 1.807) is 24.8 Å². The van der Waals surface area contributed by atoms with Crippen LogP contribution in [0.2, 0.25) is 0 Å². The SMILES string of the molecule is COCCCn1cc(C)c2c(F)ccc(F)c21. The molecule has 0 bridgehead atoms. The number of methoxy groups -OCH3 is 1. The molecule has 0 unspecified atom stereocenters. The van der Waals surface area contributed by atoms with Crippen molar-refractivity contribution >= 4 is 10.9 Å². The van der Waals surface area contributed by atoms with Crippen LogP contribution >= 0.6 is 0 Å². The molecule has 0 N–H and O–H groups in total. The summed E-state index contributed by atoms with van der Waals surface area (Å²) in [6, 6.07) is 2.34. The molecule has 17 heavy (non-hydrogen) atoms. The second kappa shape index (κ2) is 4.84. The Labute approximate surface area is 98.8 Å². The fourth-order valence-electron chi connectivity index (χ4n) is 2.12. The molecule has 2 rings (SSSR count). The maximum Gasteiger partial charge on any atom is 0.147 e. The number of hydrogen-bond donors (Lipinski definition) is 0. The lowest BCUT2D eigenvalue weighted by Gasteiger charge is -2.05. The van der Waals surface area contributed by atoms with Crippen molar-refractivity contribution in [3.63, 3.8) is 0 Å². The van der Waals surface area contributed by atoms with Gasteiger partial charge >= 0.3 is 0 Å². The van der Waals surface area contributed by atoms with Crippen LogP contribution in [-0.2, 0) is 11.3 Å². The van der Waals surface area contributed by atoms with E-state index in [1.165, 1.54) is 12.1 Å². The molecule has 0 aliphatic heterocycles. The van der Waals surface area contributed by atoms with Crippen LogP contribution < -0.4 is 0 Å². The van der Waals surface area contributed by atoms with Crippen LogP contribution in [0.5, 0.6) is 0 Å². The fourth-order valence-corrected chi connectivity index (χ4v) is 2.12. The molecule has 0 amide bonds. The first-order valence-corrected chi connectivity index (χ1v) is 5.57. The molecule has 0 radical (unpaired) electrons. The van der Waals surface area contributed by atoms with Gasteiger partial charge < -0.3 is 9.30 Å². The Bertz CT molecular complexity index is 534. The summed E-state index contributed by atoms with van der Waals surface area (Å²) in [5.74, 6) is -0.753. The highest BCUT2D eigenvalue weighted by atomic mass is 19.1. The molecule has 0 aliphatic carbocycles. The van der Waals surface area contributed by atoms with Crippen LogP contribution in [0.3, 0.4) is 0 Å². The molecule has 1 aromatic heterocycles. The highest BCUT2D eigenvalue weighted by molar-refractivity contribution is 5.84. The molecule has 0 aliphatic rings. The van der Waals surface area contributed by atoms with Gasteiger partial charge in [0, 0.05) is 31.8 Å². The smallest absolute Gasteiger partial charge is 0.147 e. The second-order valence-corrected chi connectivity index (χ2v) is 4.10. The lowest BCUT2D eigenvalue weighted by molar-refractivity contribution is 0.190. The number of aryl methyl sites for hydroxylation is 2. The van der Waals surface area contributed by atoms with Gasteiger partial charge in [0.1, 0.15) is 11.6 Å². The summed E-state index contributed by atoms with van der Waals surface area (Å²) in [4.78, 5) is 0. The van der Waals surface area contributed by atoms with Crippen molar-refractivity contribution in [2.45, 2.75) is 19.9 Å². The van der Waals surface area contributed by atoms with Crippen LogP contribution in [0.4, 0.5) is 8.78 Å². The van der Waals surface area contributed by atoms with Crippen molar-refractivity contribution < 1.29 is 13.5 Å². The lowest BCUT2D eigenvalue weighted by Crippen LogP contribution is -2.01. The van der Waals surface area contributed by atoms with Crippen molar-refractivity contribution in [3.05, 3.63) is 35.5 Å².